The van der Waals surface area contributed by atoms with Crippen LogP contribution in [0.3, 0.4) is 0 Å². The molecule has 0 saturated heterocycles. The van der Waals surface area contributed by atoms with Crippen LogP contribution < -0.4 is 5.32 Å². The maximum atomic E-state index is 11.4. The van der Waals surface area contributed by atoms with Gasteiger partial charge in [0.05, 0.1) is 6.54 Å². The first-order valence-electron chi connectivity index (χ1n) is 4.13. The summed E-state index contributed by atoms with van der Waals surface area (Å²) in [4.78, 5) is 4.08. The molecule has 0 aromatic carbocycles. The fourth-order valence-corrected chi connectivity index (χ4v) is 1.87. The molecule has 0 aliphatic carbocycles. The molecule has 0 spiro atoms. The molecule has 0 aliphatic rings. The third-order valence-corrected chi connectivity index (χ3v) is 2.88. The van der Waals surface area contributed by atoms with Crippen molar-refractivity contribution in [3.63, 3.8) is 0 Å². The van der Waals surface area contributed by atoms with Crippen molar-refractivity contribution in [3.05, 3.63) is 29.9 Å². The van der Waals surface area contributed by atoms with Crippen molar-refractivity contribution < 1.29 is 8.42 Å². The van der Waals surface area contributed by atoms with Crippen molar-refractivity contribution in [1.82, 2.24) is 4.98 Å². The lowest BCUT2D eigenvalue weighted by atomic mass is 10.4. The second-order valence-electron chi connectivity index (χ2n) is 2.99. The standard InChI is InChI=1S/C9H11ClN2O2S/c1-7(10)6-12-9-8(15(2,13)14)4-3-5-11-9/h3-5H,1,6H2,2H3,(H,11,12). The van der Waals surface area contributed by atoms with Crippen molar-refractivity contribution >= 4 is 27.3 Å². The monoisotopic (exact) mass is 246 g/mol. The van der Waals surface area contributed by atoms with Gasteiger partial charge in [0.2, 0.25) is 0 Å². The van der Waals surface area contributed by atoms with E-state index in [1.807, 2.05) is 0 Å². The first-order chi connectivity index (χ1) is 6.91. The predicted molar refractivity (Wildman–Crippen MR) is 60.8 cm³/mol. The Morgan fingerprint density at radius 1 is 1.67 bits per heavy atom. The molecule has 0 atom stereocenters. The SMILES string of the molecule is C=C(Cl)CNc1ncccc1S(C)(=O)=O. The number of hydrogen-bond donors (Lipinski definition) is 1. The average Bonchev–Trinajstić information content (AvgIpc) is 2.13. The van der Waals surface area contributed by atoms with Gasteiger partial charge in [-0.2, -0.15) is 0 Å². The summed E-state index contributed by atoms with van der Waals surface area (Å²) < 4.78 is 22.7. The zero-order valence-electron chi connectivity index (χ0n) is 8.20. The molecule has 4 nitrogen and oxygen atoms in total. The lowest BCUT2D eigenvalue weighted by Gasteiger charge is -2.08. The smallest absolute Gasteiger partial charge is 0.179 e. The number of pyridine rings is 1. The first-order valence-corrected chi connectivity index (χ1v) is 6.40. The summed E-state index contributed by atoms with van der Waals surface area (Å²) in [5, 5.41) is 3.19. The number of sulfone groups is 1. The average molecular weight is 247 g/mol. The molecule has 1 aromatic heterocycles. The Balaban J connectivity index is 3.02. The first kappa shape index (κ1) is 12.0. The molecule has 0 bridgehead atoms. The molecule has 0 unspecified atom stereocenters. The van der Waals surface area contributed by atoms with Gasteiger partial charge in [-0.05, 0) is 12.1 Å². The van der Waals surface area contributed by atoms with Gasteiger partial charge in [0.1, 0.15) is 10.7 Å². The highest BCUT2D eigenvalue weighted by Gasteiger charge is 2.13. The van der Waals surface area contributed by atoms with Crippen LogP contribution in [0.1, 0.15) is 0 Å². The molecule has 1 rings (SSSR count). The Hall–Kier alpha value is -1.07. The molecule has 82 valence electrons. The molecule has 6 heteroatoms. The van der Waals surface area contributed by atoms with E-state index in [1.54, 1.807) is 6.07 Å². The summed E-state index contributed by atoms with van der Waals surface area (Å²) in [6, 6.07) is 3.05. The lowest BCUT2D eigenvalue weighted by Crippen LogP contribution is -2.08. The van der Waals surface area contributed by atoms with Gasteiger partial charge in [0.15, 0.2) is 9.84 Å². The predicted octanol–water partition coefficient (Wildman–Crippen LogP) is 1.65. The quantitative estimate of drug-likeness (QED) is 0.878. The van der Waals surface area contributed by atoms with Gasteiger partial charge >= 0.3 is 0 Å². The van der Waals surface area contributed by atoms with Crippen LogP contribution in [-0.2, 0) is 9.84 Å². The van der Waals surface area contributed by atoms with Crippen molar-refractivity contribution in [2.75, 3.05) is 18.1 Å². The largest absolute Gasteiger partial charge is 0.364 e. The highest BCUT2D eigenvalue weighted by Crippen LogP contribution is 2.17. The molecule has 0 amide bonds. The molecule has 1 heterocycles. The fourth-order valence-electron chi connectivity index (χ4n) is 1.00. The Morgan fingerprint density at radius 2 is 2.33 bits per heavy atom. The van der Waals surface area contributed by atoms with Crippen molar-refractivity contribution in [1.29, 1.82) is 0 Å². The molecule has 0 radical (unpaired) electrons. The summed E-state index contributed by atoms with van der Waals surface area (Å²) in [6.07, 6.45) is 2.64. The van der Waals surface area contributed by atoms with E-state index in [9.17, 15) is 8.42 Å². The van der Waals surface area contributed by atoms with Gasteiger partial charge in [0.25, 0.3) is 0 Å². The molecule has 0 saturated carbocycles. The van der Waals surface area contributed by atoms with Gasteiger partial charge in [-0.15, -0.1) is 0 Å². The molecule has 0 fully saturated rings. The van der Waals surface area contributed by atoms with Crippen LogP contribution in [0.25, 0.3) is 0 Å². The maximum absolute atomic E-state index is 11.4. The molecular weight excluding hydrogens is 236 g/mol. The van der Waals surface area contributed by atoms with E-state index >= 15 is 0 Å². The number of halogens is 1. The zero-order chi connectivity index (χ0) is 11.5. The number of rotatable bonds is 4. The second-order valence-corrected chi connectivity index (χ2v) is 5.51. The van der Waals surface area contributed by atoms with Crippen molar-refractivity contribution in [2.24, 2.45) is 0 Å². The van der Waals surface area contributed by atoms with Crippen LogP contribution in [0.15, 0.2) is 34.8 Å². The zero-order valence-corrected chi connectivity index (χ0v) is 9.77. The van der Waals surface area contributed by atoms with E-state index in [4.69, 9.17) is 11.6 Å². The maximum Gasteiger partial charge on any atom is 0.179 e. The number of nitrogens with one attached hydrogen (secondary N) is 1. The minimum atomic E-state index is -3.28. The van der Waals surface area contributed by atoms with E-state index in [2.05, 4.69) is 16.9 Å². The second kappa shape index (κ2) is 4.63. The lowest BCUT2D eigenvalue weighted by molar-refractivity contribution is 0.602. The van der Waals surface area contributed by atoms with Crippen molar-refractivity contribution in [2.45, 2.75) is 4.90 Å². The topological polar surface area (TPSA) is 59.1 Å². The number of anilines is 1. The van der Waals surface area contributed by atoms with E-state index < -0.39 is 9.84 Å². The van der Waals surface area contributed by atoms with Crippen LogP contribution in [0.5, 0.6) is 0 Å². The van der Waals surface area contributed by atoms with E-state index in [0.717, 1.165) is 6.26 Å². The summed E-state index contributed by atoms with van der Waals surface area (Å²) >= 11 is 5.56. The summed E-state index contributed by atoms with van der Waals surface area (Å²) in [5.41, 5.74) is 0. The van der Waals surface area contributed by atoms with Crippen molar-refractivity contribution in [3.8, 4) is 0 Å². The Labute approximate surface area is 93.9 Å². The number of nitrogens with zero attached hydrogens (tertiary/aromatic N) is 1. The molecule has 0 aliphatic heterocycles. The van der Waals surface area contributed by atoms with Crippen LogP contribution in [0, 0.1) is 0 Å². The molecular formula is C9H11ClN2O2S. The third kappa shape index (κ3) is 3.53. The highest BCUT2D eigenvalue weighted by molar-refractivity contribution is 7.90. The Morgan fingerprint density at radius 3 is 2.87 bits per heavy atom. The van der Waals surface area contributed by atoms with Crippen LogP contribution in [-0.4, -0.2) is 26.2 Å². The van der Waals surface area contributed by atoms with E-state index in [1.165, 1.54) is 12.3 Å². The van der Waals surface area contributed by atoms with E-state index in [-0.39, 0.29) is 11.4 Å². The minimum Gasteiger partial charge on any atom is -0.364 e. The van der Waals surface area contributed by atoms with Gasteiger partial charge in [0, 0.05) is 17.5 Å². The summed E-state index contributed by atoms with van der Waals surface area (Å²) in [6.45, 7) is 3.77. The van der Waals surface area contributed by atoms with Gasteiger partial charge in [-0.1, -0.05) is 18.2 Å². The third-order valence-electron chi connectivity index (χ3n) is 1.62. The van der Waals surface area contributed by atoms with Gasteiger partial charge < -0.3 is 5.32 Å². The Bertz CT molecular complexity index is 471. The summed E-state index contributed by atoms with van der Waals surface area (Å²) in [7, 11) is -3.28. The molecule has 1 N–H and O–H groups in total. The van der Waals surface area contributed by atoms with Crippen LogP contribution in [0.2, 0.25) is 0 Å². The van der Waals surface area contributed by atoms with Crippen LogP contribution in [0.4, 0.5) is 5.82 Å². The normalized spacial score (nSPS) is 11.1. The summed E-state index contributed by atoms with van der Waals surface area (Å²) in [5.74, 6) is 0.293. The van der Waals surface area contributed by atoms with Crippen LogP contribution >= 0.6 is 11.6 Å². The van der Waals surface area contributed by atoms with E-state index in [0.29, 0.717) is 10.9 Å². The Kier molecular flexibility index (Phi) is 3.71. The number of hydrogen-bond acceptors (Lipinski definition) is 4. The molecule has 15 heavy (non-hydrogen) atoms. The number of aromatic nitrogens is 1. The van der Waals surface area contributed by atoms with Gasteiger partial charge in [-0.25, -0.2) is 13.4 Å². The highest BCUT2D eigenvalue weighted by atomic mass is 35.5. The molecule has 1 aromatic rings. The minimum absolute atomic E-state index is 0.155. The van der Waals surface area contributed by atoms with Gasteiger partial charge in [-0.3, -0.25) is 0 Å². The fraction of sp³-hybridized carbons (Fsp3) is 0.222.